The maximum absolute atomic E-state index is 11.5. The van der Waals surface area contributed by atoms with E-state index in [0.717, 1.165) is 0 Å². The first-order valence-corrected chi connectivity index (χ1v) is 5.86. The molecule has 102 valence electrons. The van der Waals surface area contributed by atoms with Gasteiger partial charge in [-0.05, 0) is 36.6 Å². The highest BCUT2D eigenvalue weighted by molar-refractivity contribution is 6.05. The van der Waals surface area contributed by atoms with Crippen LogP contribution in [-0.4, -0.2) is 22.1 Å². The number of carboxylic acids is 1. The lowest BCUT2D eigenvalue weighted by molar-refractivity contribution is -0.112. The molecule has 1 amide bonds. The monoisotopic (exact) mass is 271 g/mol. The van der Waals surface area contributed by atoms with Crippen molar-refractivity contribution < 1.29 is 19.8 Å². The van der Waals surface area contributed by atoms with Crippen LogP contribution in [0.5, 0.6) is 5.75 Å². The van der Waals surface area contributed by atoms with Crippen molar-refractivity contribution in [3.05, 3.63) is 48.0 Å². The summed E-state index contributed by atoms with van der Waals surface area (Å²) in [5.74, 6) is -1.77. The summed E-state index contributed by atoms with van der Waals surface area (Å²) in [7, 11) is 0. The van der Waals surface area contributed by atoms with Crippen LogP contribution in [0.25, 0.3) is 10.8 Å². The fraction of sp³-hybridized carbons (Fsp3) is 0.0667. The normalized spacial score (nSPS) is 10.2. The molecule has 0 aliphatic rings. The zero-order chi connectivity index (χ0) is 14.9. The number of carboxylic acid groups (broad SMARTS) is 1. The Balaban J connectivity index is 2.46. The third-order valence-electron chi connectivity index (χ3n) is 2.87. The molecule has 0 saturated heterocycles. The van der Waals surface area contributed by atoms with Crippen molar-refractivity contribution in [3.63, 3.8) is 0 Å². The van der Waals surface area contributed by atoms with Gasteiger partial charge in [-0.3, -0.25) is 4.79 Å². The van der Waals surface area contributed by atoms with Gasteiger partial charge in [0.2, 0.25) is 0 Å². The maximum Gasteiger partial charge on any atom is 0.339 e. The minimum absolute atomic E-state index is 0.156. The molecule has 2 aromatic carbocycles. The lowest BCUT2D eigenvalue weighted by Gasteiger charge is -2.08. The second-order valence-electron chi connectivity index (χ2n) is 4.44. The van der Waals surface area contributed by atoms with Crippen LogP contribution in [0, 0.1) is 0 Å². The van der Waals surface area contributed by atoms with Gasteiger partial charge in [0.1, 0.15) is 11.3 Å². The highest BCUT2D eigenvalue weighted by Gasteiger charge is 2.13. The van der Waals surface area contributed by atoms with Crippen molar-refractivity contribution >= 4 is 28.3 Å². The van der Waals surface area contributed by atoms with Crippen molar-refractivity contribution in [2.45, 2.75) is 6.92 Å². The number of phenols is 1. The Labute approximate surface area is 115 Å². The van der Waals surface area contributed by atoms with Gasteiger partial charge >= 0.3 is 5.97 Å². The standard InChI is InChI=1S/C15H13NO4/c1-8(2)14(18)16-10-4-6-11-9(7-10)3-5-12(13(11)17)15(19)20/h3-7,17H,1H2,2H3,(H,16,18)(H,19,20). The highest BCUT2D eigenvalue weighted by Crippen LogP contribution is 2.30. The summed E-state index contributed by atoms with van der Waals surface area (Å²) in [5, 5.41) is 22.5. The fourth-order valence-corrected chi connectivity index (χ4v) is 1.80. The van der Waals surface area contributed by atoms with E-state index in [1.807, 2.05) is 0 Å². The van der Waals surface area contributed by atoms with Crippen molar-refractivity contribution in [1.82, 2.24) is 0 Å². The number of nitrogens with one attached hydrogen (secondary N) is 1. The molecule has 0 atom stereocenters. The molecule has 0 bridgehead atoms. The zero-order valence-electron chi connectivity index (χ0n) is 10.8. The second kappa shape index (κ2) is 5.05. The van der Waals surface area contributed by atoms with E-state index >= 15 is 0 Å². The van der Waals surface area contributed by atoms with Crippen LogP contribution in [0.15, 0.2) is 42.5 Å². The number of anilines is 1. The Bertz CT molecular complexity index is 734. The summed E-state index contributed by atoms with van der Waals surface area (Å²) in [6, 6.07) is 7.71. The first-order chi connectivity index (χ1) is 9.40. The SMILES string of the molecule is C=C(C)C(=O)Nc1ccc2c(O)c(C(=O)O)ccc2c1. The van der Waals surface area contributed by atoms with E-state index in [0.29, 0.717) is 22.0 Å². The van der Waals surface area contributed by atoms with E-state index in [4.69, 9.17) is 5.11 Å². The number of benzene rings is 2. The van der Waals surface area contributed by atoms with Gasteiger partial charge in [-0.25, -0.2) is 4.79 Å². The number of carbonyl (C=O) groups excluding carboxylic acids is 1. The average Bonchev–Trinajstić information content (AvgIpc) is 2.38. The average molecular weight is 271 g/mol. The number of carbonyl (C=O) groups is 2. The summed E-state index contributed by atoms with van der Waals surface area (Å²) in [6.07, 6.45) is 0. The molecule has 0 fully saturated rings. The smallest absolute Gasteiger partial charge is 0.339 e. The number of aromatic carboxylic acids is 1. The Morgan fingerprint density at radius 3 is 2.50 bits per heavy atom. The number of rotatable bonds is 3. The van der Waals surface area contributed by atoms with Crippen LogP contribution >= 0.6 is 0 Å². The highest BCUT2D eigenvalue weighted by atomic mass is 16.4. The lowest BCUT2D eigenvalue weighted by Crippen LogP contribution is -2.11. The van der Waals surface area contributed by atoms with E-state index in [9.17, 15) is 14.7 Å². The van der Waals surface area contributed by atoms with E-state index < -0.39 is 5.97 Å². The largest absolute Gasteiger partial charge is 0.506 e. The topological polar surface area (TPSA) is 86.6 Å². The molecule has 0 unspecified atom stereocenters. The van der Waals surface area contributed by atoms with Crippen LogP contribution in [0.4, 0.5) is 5.69 Å². The van der Waals surface area contributed by atoms with Gasteiger partial charge in [-0.2, -0.15) is 0 Å². The zero-order valence-corrected chi connectivity index (χ0v) is 10.8. The Hall–Kier alpha value is -2.82. The number of fused-ring (bicyclic) bond motifs is 1. The van der Waals surface area contributed by atoms with Crippen LogP contribution in [0.2, 0.25) is 0 Å². The lowest BCUT2D eigenvalue weighted by atomic mass is 10.0. The molecule has 5 nitrogen and oxygen atoms in total. The fourth-order valence-electron chi connectivity index (χ4n) is 1.80. The van der Waals surface area contributed by atoms with Crippen LogP contribution in [0.3, 0.4) is 0 Å². The first-order valence-electron chi connectivity index (χ1n) is 5.86. The molecule has 3 N–H and O–H groups in total. The molecule has 0 saturated carbocycles. The molecule has 2 aromatic rings. The van der Waals surface area contributed by atoms with Gasteiger partial charge in [0.15, 0.2) is 0 Å². The van der Waals surface area contributed by atoms with Gasteiger partial charge in [-0.1, -0.05) is 12.6 Å². The van der Waals surface area contributed by atoms with Gasteiger partial charge in [-0.15, -0.1) is 0 Å². The summed E-state index contributed by atoms with van der Waals surface area (Å²) in [6.45, 7) is 5.14. The van der Waals surface area contributed by atoms with Crippen molar-refractivity contribution in [2.75, 3.05) is 5.32 Å². The number of hydrogen-bond donors (Lipinski definition) is 3. The van der Waals surface area contributed by atoms with E-state index in [1.165, 1.54) is 6.07 Å². The molecule has 5 heteroatoms. The Kier molecular flexibility index (Phi) is 3.43. The molecule has 0 aliphatic carbocycles. The van der Waals surface area contributed by atoms with E-state index in [1.54, 1.807) is 31.2 Å². The third kappa shape index (κ3) is 2.47. The van der Waals surface area contributed by atoms with Gasteiger partial charge < -0.3 is 15.5 Å². The summed E-state index contributed by atoms with van der Waals surface area (Å²) < 4.78 is 0. The number of hydrogen-bond acceptors (Lipinski definition) is 3. The first kappa shape index (κ1) is 13.6. The van der Waals surface area contributed by atoms with Crippen LogP contribution < -0.4 is 5.32 Å². The Morgan fingerprint density at radius 1 is 1.20 bits per heavy atom. The maximum atomic E-state index is 11.5. The number of aromatic hydroxyl groups is 1. The molecular weight excluding hydrogens is 258 g/mol. The van der Waals surface area contributed by atoms with Gasteiger partial charge in [0.25, 0.3) is 5.91 Å². The Morgan fingerprint density at radius 2 is 1.90 bits per heavy atom. The quantitative estimate of drug-likeness (QED) is 0.749. The second-order valence-corrected chi connectivity index (χ2v) is 4.44. The van der Waals surface area contributed by atoms with Crippen molar-refractivity contribution in [2.24, 2.45) is 0 Å². The molecular formula is C15H13NO4. The van der Waals surface area contributed by atoms with E-state index in [2.05, 4.69) is 11.9 Å². The summed E-state index contributed by atoms with van der Waals surface area (Å²) in [4.78, 5) is 22.4. The molecule has 2 rings (SSSR count). The van der Waals surface area contributed by atoms with E-state index in [-0.39, 0.29) is 17.2 Å². The minimum Gasteiger partial charge on any atom is -0.506 e. The van der Waals surface area contributed by atoms with Crippen LogP contribution in [0.1, 0.15) is 17.3 Å². The van der Waals surface area contributed by atoms with Gasteiger partial charge in [0, 0.05) is 16.6 Å². The van der Waals surface area contributed by atoms with Crippen LogP contribution in [-0.2, 0) is 4.79 Å². The van der Waals surface area contributed by atoms with Crippen molar-refractivity contribution in [1.29, 1.82) is 0 Å². The third-order valence-corrected chi connectivity index (χ3v) is 2.87. The predicted octanol–water partition coefficient (Wildman–Crippen LogP) is 2.76. The molecule has 20 heavy (non-hydrogen) atoms. The molecule has 0 radical (unpaired) electrons. The number of amides is 1. The predicted molar refractivity (Wildman–Crippen MR) is 76.0 cm³/mol. The van der Waals surface area contributed by atoms with Gasteiger partial charge in [0.05, 0.1) is 0 Å². The summed E-state index contributed by atoms with van der Waals surface area (Å²) >= 11 is 0. The molecule has 0 spiro atoms. The molecule has 0 aliphatic heterocycles. The summed E-state index contributed by atoms with van der Waals surface area (Å²) in [5.41, 5.74) is 0.776. The molecule has 0 heterocycles. The van der Waals surface area contributed by atoms with Crippen molar-refractivity contribution in [3.8, 4) is 5.75 Å². The minimum atomic E-state index is -1.19. The molecule has 0 aromatic heterocycles.